The first-order valence-corrected chi connectivity index (χ1v) is 9.63. The molecule has 1 heterocycles. The summed E-state index contributed by atoms with van der Waals surface area (Å²) in [7, 11) is 1.60. The van der Waals surface area contributed by atoms with Crippen molar-refractivity contribution in [2.24, 2.45) is 0 Å². The fourth-order valence-corrected chi connectivity index (χ4v) is 3.48. The SMILES string of the molecule is COc1ccc(F)cc1CN1CCN(CC(=O)NCc2ccccc2C)CC1. The highest BCUT2D eigenvalue weighted by atomic mass is 19.1. The average Bonchev–Trinajstić information content (AvgIpc) is 2.69. The Morgan fingerprint density at radius 1 is 1.07 bits per heavy atom. The molecule has 0 atom stereocenters. The molecule has 6 heteroatoms. The summed E-state index contributed by atoms with van der Waals surface area (Å²) in [6, 6.07) is 12.7. The summed E-state index contributed by atoms with van der Waals surface area (Å²) in [4.78, 5) is 16.7. The fraction of sp³-hybridized carbons (Fsp3) is 0.409. The minimum absolute atomic E-state index is 0.0449. The molecule has 1 amide bonds. The Kier molecular flexibility index (Phi) is 7.01. The van der Waals surface area contributed by atoms with Crippen LogP contribution in [0, 0.1) is 12.7 Å². The van der Waals surface area contributed by atoms with Gasteiger partial charge in [-0.25, -0.2) is 4.39 Å². The number of amides is 1. The highest BCUT2D eigenvalue weighted by Gasteiger charge is 2.20. The number of carbonyl (C=O) groups excluding carboxylic acids is 1. The van der Waals surface area contributed by atoms with Crippen molar-refractivity contribution in [2.45, 2.75) is 20.0 Å². The Morgan fingerprint density at radius 3 is 2.50 bits per heavy atom. The number of aryl methyl sites for hydroxylation is 1. The highest BCUT2D eigenvalue weighted by molar-refractivity contribution is 5.78. The van der Waals surface area contributed by atoms with E-state index in [0.717, 1.165) is 37.3 Å². The van der Waals surface area contributed by atoms with Crippen molar-refractivity contribution in [1.82, 2.24) is 15.1 Å². The summed E-state index contributed by atoms with van der Waals surface area (Å²) >= 11 is 0. The van der Waals surface area contributed by atoms with Gasteiger partial charge in [-0.1, -0.05) is 24.3 Å². The zero-order valence-corrected chi connectivity index (χ0v) is 16.6. The van der Waals surface area contributed by atoms with Gasteiger partial charge in [-0.2, -0.15) is 0 Å². The first kappa shape index (κ1) is 20.3. The molecular weight excluding hydrogens is 357 g/mol. The third kappa shape index (κ3) is 5.53. The number of halogens is 1. The minimum atomic E-state index is -0.250. The number of benzene rings is 2. The topological polar surface area (TPSA) is 44.8 Å². The molecule has 3 rings (SSSR count). The Balaban J connectivity index is 1.43. The molecule has 1 saturated heterocycles. The van der Waals surface area contributed by atoms with Crippen LogP contribution in [0.3, 0.4) is 0 Å². The van der Waals surface area contributed by atoms with Crippen LogP contribution in [0.5, 0.6) is 5.75 Å². The summed E-state index contributed by atoms with van der Waals surface area (Å²) in [6.45, 7) is 6.97. The molecule has 2 aromatic carbocycles. The molecule has 2 aromatic rings. The molecule has 0 aromatic heterocycles. The number of methoxy groups -OCH3 is 1. The van der Waals surface area contributed by atoms with Gasteiger partial charge < -0.3 is 10.1 Å². The van der Waals surface area contributed by atoms with E-state index in [0.29, 0.717) is 25.4 Å². The van der Waals surface area contributed by atoms with Gasteiger partial charge >= 0.3 is 0 Å². The van der Waals surface area contributed by atoms with Crippen molar-refractivity contribution in [2.75, 3.05) is 39.8 Å². The van der Waals surface area contributed by atoms with Gasteiger partial charge in [0.15, 0.2) is 0 Å². The number of nitrogens with zero attached hydrogens (tertiary/aromatic N) is 2. The van der Waals surface area contributed by atoms with Gasteiger partial charge in [0, 0.05) is 44.8 Å². The largest absolute Gasteiger partial charge is 0.496 e. The van der Waals surface area contributed by atoms with Crippen molar-refractivity contribution in [3.63, 3.8) is 0 Å². The Hall–Kier alpha value is -2.44. The van der Waals surface area contributed by atoms with Crippen LogP contribution in [-0.2, 0) is 17.9 Å². The van der Waals surface area contributed by atoms with Crippen LogP contribution in [-0.4, -0.2) is 55.5 Å². The summed E-state index contributed by atoms with van der Waals surface area (Å²) in [5, 5.41) is 3.01. The quantitative estimate of drug-likeness (QED) is 0.796. The van der Waals surface area contributed by atoms with Crippen molar-refractivity contribution >= 4 is 5.91 Å². The average molecular weight is 385 g/mol. The van der Waals surface area contributed by atoms with E-state index in [2.05, 4.69) is 15.1 Å². The molecule has 1 aliphatic heterocycles. The summed E-state index contributed by atoms with van der Waals surface area (Å²) in [5.41, 5.74) is 3.18. The number of rotatable bonds is 7. The molecule has 1 aliphatic rings. The molecule has 28 heavy (non-hydrogen) atoms. The number of ether oxygens (including phenoxy) is 1. The molecule has 0 aliphatic carbocycles. The van der Waals surface area contributed by atoms with E-state index in [1.165, 1.54) is 17.7 Å². The first-order valence-electron chi connectivity index (χ1n) is 9.63. The lowest BCUT2D eigenvalue weighted by Gasteiger charge is -2.34. The van der Waals surface area contributed by atoms with E-state index in [1.807, 2.05) is 31.2 Å². The van der Waals surface area contributed by atoms with Gasteiger partial charge in [-0.05, 0) is 36.2 Å². The third-order valence-electron chi connectivity index (χ3n) is 5.21. The predicted molar refractivity (Wildman–Crippen MR) is 108 cm³/mol. The van der Waals surface area contributed by atoms with E-state index in [4.69, 9.17) is 4.74 Å². The minimum Gasteiger partial charge on any atom is -0.496 e. The van der Waals surface area contributed by atoms with Crippen LogP contribution in [0.1, 0.15) is 16.7 Å². The maximum absolute atomic E-state index is 13.5. The van der Waals surface area contributed by atoms with Gasteiger partial charge in [0.25, 0.3) is 0 Å². The van der Waals surface area contributed by atoms with Crippen molar-refractivity contribution in [1.29, 1.82) is 0 Å². The zero-order chi connectivity index (χ0) is 19.9. The second kappa shape index (κ2) is 9.66. The monoisotopic (exact) mass is 385 g/mol. The van der Waals surface area contributed by atoms with E-state index >= 15 is 0 Å². The fourth-order valence-electron chi connectivity index (χ4n) is 3.48. The van der Waals surface area contributed by atoms with Crippen LogP contribution < -0.4 is 10.1 Å². The summed E-state index contributed by atoms with van der Waals surface area (Å²) in [6.07, 6.45) is 0. The second-order valence-corrected chi connectivity index (χ2v) is 7.21. The smallest absolute Gasteiger partial charge is 0.234 e. The normalized spacial score (nSPS) is 15.4. The predicted octanol–water partition coefficient (Wildman–Crippen LogP) is 2.58. The molecular formula is C22H28FN3O2. The second-order valence-electron chi connectivity index (χ2n) is 7.21. The molecule has 0 bridgehead atoms. The third-order valence-corrected chi connectivity index (χ3v) is 5.21. The van der Waals surface area contributed by atoms with Gasteiger partial charge in [-0.3, -0.25) is 14.6 Å². The number of carbonyl (C=O) groups is 1. The lowest BCUT2D eigenvalue weighted by atomic mass is 10.1. The number of hydrogen-bond donors (Lipinski definition) is 1. The maximum atomic E-state index is 13.5. The number of piperazine rings is 1. The van der Waals surface area contributed by atoms with Crippen LogP contribution in [0.4, 0.5) is 4.39 Å². The summed E-state index contributed by atoms with van der Waals surface area (Å²) in [5.74, 6) is 0.502. The summed E-state index contributed by atoms with van der Waals surface area (Å²) < 4.78 is 18.9. The van der Waals surface area contributed by atoms with Crippen LogP contribution in [0.2, 0.25) is 0 Å². The molecule has 0 unspecified atom stereocenters. The molecule has 1 fully saturated rings. The van der Waals surface area contributed by atoms with Crippen LogP contribution in [0.25, 0.3) is 0 Å². The lowest BCUT2D eigenvalue weighted by molar-refractivity contribution is -0.122. The van der Waals surface area contributed by atoms with E-state index in [9.17, 15) is 9.18 Å². The van der Waals surface area contributed by atoms with Crippen molar-refractivity contribution < 1.29 is 13.9 Å². The van der Waals surface area contributed by atoms with Gasteiger partial charge in [-0.15, -0.1) is 0 Å². The highest BCUT2D eigenvalue weighted by Crippen LogP contribution is 2.21. The van der Waals surface area contributed by atoms with E-state index in [1.54, 1.807) is 13.2 Å². The van der Waals surface area contributed by atoms with Crippen LogP contribution in [0.15, 0.2) is 42.5 Å². The first-order chi connectivity index (χ1) is 13.5. The van der Waals surface area contributed by atoms with Gasteiger partial charge in [0.1, 0.15) is 11.6 Å². The molecule has 1 N–H and O–H groups in total. The van der Waals surface area contributed by atoms with Crippen LogP contribution >= 0.6 is 0 Å². The Bertz CT molecular complexity index is 804. The standard InChI is InChI=1S/C22H28FN3O2/c1-17-5-3-4-6-18(17)14-24-22(27)16-26-11-9-25(10-12-26)15-19-13-20(23)7-8-21(19)28-2/h3-8,13H,9-12,14-16H2,1-2H3,(H,24,27). The maximum Gasteiger partial charge on any atom is 0.234 e. The number of nitrogens with one attached hydrogen (secondary N) is 1. The Morgan fingerprint density at radius 2 is 1.79 bits per heavy atom. The molecule has 0 radical (unpaired) electrons. The molecule has 150 valence electrons. The van der Waals surface area contributed by atoms with Gasteiger partial charge in [0.05, 0.1) is 13.7 Å². The molecule has 5 nitrogen and oxygen atoms in total. The lowest BCUT2D eigenvalue weighted by Crippen LogP contribution is -2.49. The molecule has 0 saturated carbocycles. The van der Waals surface area contributed by atoms with E-state index < -0.39 is 0 Å². The Labute approximate surface area is 166 Å². The number of hydrogen-bond acceptors (Lipinski definition) is 4. The zero-order valence-electron chi connectivity index (χ0n) is 16.6. The van der Waals surface area contributed by atoms with Gasteiger partial charge in [0.2, 0.25) is 5.91 Å². The molecule has 0 spiro atoms. The van der Waals surface area contributed by atoms with Crippen molar-refractivity contribution in [3.05, 3.63) is 65.0 Å². The van der Waals surface area contributed by atoms with Crippen molar-refractivity contribution in [3.8, 4) is 5.75 Å². The van der Waals surface area contributed by atoms with E-state index in [-0.39, 0.29) is 11.7 Å².